The number of nitrogens with two attached hydrogens (primary N) is 1. The smallest absolute Gasteiger partial charge is 0.170 e. The highest BCUT2D eigenvalue weighted by atomic mass is 79.9. The van der Waals surface area contributed by atoms with Gasteiger partial charge >= 0.3 is 0 Å². The number of anilines is 2. The van der Waals surface area contributed by atoms with Gasteiger partial charge in [-0.1, -0.05) is 5.16 Å². The molecule has 104 valence electrons. The largest absolute Gasteiger partial charge is 0.409 e. The molecule has 1 heterocycles. The normalized spacial score (nSPS) is 11.4. The van der Waals surface area contributed by atoms with Gasteiger partial charge in [0.15, 0.2) is 5.84 Å². The van der Waals surface area contributed by atoms with Gasteiger partial charge in [0.25, 0.3) is 0 Å². The Kier molecular flexibility index (Phi) is 4.24. The van der Waals surface area contributed by atoms with E-state index in [-0.39, 0.29) is 5.84 Å². The van der Waals surface area contributed by atoms with Gasteiger partial charge in [-0.05, 0) is 58.7 Å². The fraction of sp³-hybridized carbons (Fsp3) is 0.143. The molecule has 0 aliphatic rings. The molecule has 0 fully saturated rings. The Hall–Kier alpha value is -2.08. The molecule has 0 unspecified atom stereocenters. The van der Waals surface area contributed by atoms with Crippen molar-refractivity contribution >= 4 is 33.3 Å². The molecule has 2 aromatic rings. The summed E-state index contributed by atoms with van der Waals surface area (Å²) in [5, 5.41) is 11.6. The maximum Gasteiger partial charge on any atom is 0.170 e. The molecule has 0 aliphatic carbocycles. The van der Waals surface area contributed by atoms with Crippen LogP contribution in [0.1, 0.15) is 11.1 Å². The highest BCUT2D eigenvalue weighted by Gasteiger charge is 2.09. The van der Waals surface area contributed by atoms with Gasteiger partial charge < -0.3 is 15.8 Å². The minimum absolute atomic E-state index is 0.0946. The van der Waals surface area contributed by atoms with Crippen molar-refractivity contribution in [2.75, 3.05) is 11.9 Å². The molecule has 0 saturated carbocycles. The van der Waals surface area contributed by atoms with E-state index in [1.54, 1.807) is 18.3 Å². The molecule has 1 aromatic heterocycles. The Balaban J connectivity index is 2.31. The number of amidine groups is 1. The van der Waals surface area contributed by atoms with Crippen molar-refractivity contribution in [3.8, 4) is 0 Å². The van der Waals surface area contributed by atoms with Gasteiger partial charge in [-0.2, -0.15) is 0 Å². The number of nitrogens with zero attached hydrogens (tertiary/aromatic N) is 3. The van der Waals surface area contributed by atoms with E-state index >= 15 is 0 Å². The average Bonchev–Trinajstić information content (AvgIpc) is 2.46. The Morgan fingerprint density at radius 2 is 2.00 bits per heavy atom. The Bertz CT molecular complexity index is 640. The number of oxime groups is 1. The quantitative estimate of drug-likeness (QED) is 0.391. The topological polar surface area (TPSA) is 74.7 Å². The van der Waals surface area contributed by atoms with Gasteiger partial charge in [0, 0.05) is 29.0 Å². The summed E-state index contributed by atoms with van der Waals surface area (Å²) in [4.78, 5) is 6.40. The van der Waals surface area contributed by atoms with Crippen molar-refractivity contribution < 1.29 is 5.21 Å². The minimum atomic E-state index is 0.0946. The summed E-state index contributed by atoms with van der Waals surface area (Å²) >= 11 is 3.40. The third-order valence-electron chi connectivity index (χ3n) is 2.99. The van der Waals surface area contributed by atoms with E-state index in [9.17, 15) is 0 Å². The first-order chi connectivity index (χ1) is 9.52. The van der Waals surface area contributed by atoms with Gasteiger partial charge in [-0.15, -0.1) is 0 Å². The summed E-state index contributed by atoms with van der Waals surface area (Å²) in [6, 6.07) is 9.42. The number of hydrogen-bond acceptors (Lipinski definition) is 4. The second-order valence-electron chi connectivity index (χ2n) is 4.39. The summed E-state index contributed by atoms with van der Waals surface area (Å²) in [6.45, 7) is 2.01. The van der Waals surface area contributed by atoms with Crippen molar-refractivity contribution in [2.24, 2.45) is 10.9 Å². The van der Waals surface area contributed by atoms with Crippen LogP contribution in [0.2, 0.25) is 0 Å². The van der Waals surface area contributed by atoms with Gasteiger partial charge in [-0.25, -0.2) is 4.98 Å². The fourth-order valence-corrected chi connectivity index (χ4v) is 2.37. The number of hydrogen-bond donors (Lipinski definition) is 2. The summed E-state index contributed by atoms with van der Waals surface area (Å²) in [7, 11) is 1.95. The molecule has 0 radical (unpaired) electrons. The van der Waals surface area contributed by atoms with Crippen LogP contribution in [0.25, 0.3) is 0 Å². The van der Waals surface area contributed by atoms with E-state index in [1.165, 1.54) is 0 Å². The van der Waals surface area contributed by atoms with Crippen molar-refractivity contribution in [3.63, 3.8) is 0 Å². The van der Waals surface area contributed by atoms with Crippen LogP contribution in [-0.4, -0.2) is 23.1 Å². The lowest BCUT2D eigenvalue weighted by Crippen LogP contribution is -2.15. The summed E-state index contributed by atoms with van der Waals surface area (Å²) in [6.07, 6.45) is 1.77. The molecule has 1 aromatic carbocycles. The van der Waals surface area contributed by atoms with Crippen molar-refractivity contribution in [3.05, 3.63) is 52.1 Å². The first-order valence-corrected chi connectivity index (χ1v) is 6.76. The van der Waals surface area contributed by atoms with Crippen LogP contribution in [0.15, 0.2) is 46.2 Å². The number of halogens is 1. The van der Waals surface area contributed by atoms with Crippen LogP contribution in [0.3, 0.4) is 0 Å². The maximum atomic E-state index is 8.65. The Morgan fingerprint density at radius 3 is 2.55 bits per heavy atom. The molecule has 6 heteroatoms. The van der Waals surface area contributed by atoms with Gasteiger partial charge in [0.1, 0.15) is 5.82 Å². The molecule has 0 atom stereocenters. The van der Waals surface area contributed by atoms with Crippen LogP contribution in [-0.2, 0) is 0 Å². The van der Waals surface area contributed by atoms with Crippen molar-refractivity contribution in [1.29, 1.82) is 0 Å². The van der Waals surface area contributed by atoms with E-state index in [4.69, 9.17) is 10.9 Å². The van der Waals surface area contributed by atoms with Crippen LogP contribution in [0, 0.1) is 6.92 Å². The number of benzene rings is 1. The molecule has 0 saturated heterocycles. The predicted octanol–water partition coefficient (Wildman–Crippen LogP) is 3.01. The number of aryl methyl sites for hydroxylation is 1. The SMILES string of the molecule is Cc1cc(Br)cnc1N(C)c1ccc(C(N)=NO)cc1. The molecule has 0 bridgehead atoms. The summed E-state index contributed by atoms with van der Waals surface area (Å²) in [5.74, 6) is 0.974. The molecule has 2 rings (SSSR count). The van der Waals surface area contributed by atoms with Gasteiger partial charge in [0.2, 0.25) is 0 Å². The van der Waals surface area contributed by atoms with Crippen LogP contribution < -0.4 is 10.6 Å². The Labute approximate surface area is 125 Å². The zero-order chi connectivity index (χ0) is 14.7. The lowest BCUT2D eigenvalue weighted by molar-refractivity contribution is 0.318. The number of rotatable bonds is 3. The molecule has 0 aliphatic heterocycles. The predicted molar refractivity (Wildman–Crippen MR) is 83.7 cm³/mol. The van der Waals surface area contributed by atoms with Crippen LogP contribution in [0.4, 0.5) is 11.5 Å². The molecular weight excluding hydrogens is 320 g/mol. The highest BCUT2D eigenvalue weighted by molar-refractivity contribution is 9.10. The zero-order valence-electron chi connectivity index (χ0n) is 11.2. The third kappa shape index (κ3) is 2.91. The van der Waals surface area contributed by atoms with Crippen LogP contribution >= 0.6 is 15.9 Å². The standard InChI is InChI=1S/C14H15BrN4O/c1-9-7-11(15)8-17-14(9)19(2)12-5-3-10(4-6-12)13(16)18-20/h3-8,20H,1-2H3,(H2,16,18). The highest BCUT2D eigenvalue weighted by Crippen LogP contribution is 2.26. The van der Waals surface area contributed by atoms with Crippen LogP contribution in [0.5, 0.6) is 0 Å². The summed E-state index contributed by atoms with van der Waals surface area (Å²) < 4.78 is 0.953. The lowest BCUT2D eigenvalue weighted by Gasteiger charge is -2.20. The number of pyridine rings is 1. The summed E-state index contributed by atoms with van der Waals surface area (Å²) in [5.41, 5.74) is 8.25. The van der Waals surface area contributed by atoms with E-state index in [1.807, 2.05) is 37.1 Å². The monoisotopic (exact) mass is 334 g/mol. The van der Waals surface area contributed by atoms with Crippen molar-refractivity contribution in [2.45, 2.75) is 6.92 Å². The molecule has 0 amide bonds. The average molecular weight is 335 g/mol. The molecule has 0 spiro atoms. The van der Waals surface area contributed by atoms with E-state index < -0.39 is 0 Å². The molecule has 20 heavy (non-hydrogen) atoms. The maximum absolute atomic E-state index is 8.65. The Morgan fingerprint density at radius 1 is 1.35 bits per heavy atom. The van der Waals surface area contributed by atoms with Gasteiger partial charge in [-0.3, -0.25) is 0 Å². The second kappa shape index (κ2) is 5.92. The van der Waals surface area contributed by atoms with E-state index in [0.29, 0.717) is 5.56 Å². The molecular formula is C14H15BrN4O. The lowest BCUT2D eigenvalue weighted by atomic mass is 10.1. The fourth-order valence-electron chi connectivity index (χ4n) is 1.92. The molecule has 3 N–H and O–H groups in total. The van der Waals surface area contributed by atoms with Crippen molar-refractivity contribution in [1.82, 2.24) is 4.98 Å². The zero-order valence-corrected chi connectivity index (χ0v) is 12.8. The van der Waals surface area contributed by atoms with E-state index in [2.05, 4.69) is 26.1 Å². The second-order valence-corrected chi connectivity index (χ2v) is 5.30. The first kappa shape index (κ1) is 14.3. The third-order valence-corrected chi connectivity index (χ3v) is 3.43. The number of aromatic nitrogens is 1. The first-order valence-electron chi connectivity index (χ1n) is 5.96. The minimum Gasteiger partial charge on any atom is -0.409 e. The van der Waals surface area contributed by atoms with E-state index in [0.717, 1.165) is 21.5 Å². The molecule has 5 nitrogen and oxygen atoms in total. The van der Waals surface area contributed by atoms with Gasteiger partial charge in [0.05, 0.1) is 0 Å².